The van der Waals surface area contributed by atoms with Gasteiger partial charge in [-0.15, -0.1) is 0 Å². The second-order valence-electron chi connectivity index (χ2n) is 5.68. The smallest absolute Gasteiger partial charge is 0.242 e. The van der Waals surface area contributed by atoms with Crippen molar-refractivity contribution in [3.63, 3.8) is 0 Å². The molecule has 6 heteroatoms. The number of aryl methyl sites for hydroxylation is 2. The van der Waals surface area contributed by atoms with Crippen LogP contribution < -0.4 is 10.6 Å². The van der Waals surface area contributed by atoms with Crippen LogP contribution in [0.1, 0.15) is 42.6 Å². The fraction of sp³-hybridized carbons (Fsp3) is 0.667. The normalized spacial score (nSPS) is 19.0. The van der Waals surface area contributed by atoms with Gasteiger partial charge < -0.3 is 10.6 Å². The predicted molar refractivity (Wildman–Crippen MR) is 79.8 cm³/mol. The molecule has 1 aromatic rings. The first kappa shape index (κ1) is 15.5. The lowest BCUT2D eigenvalue weighted by molar-refractivity contribution is -0.128. The predicted octanol–water partition coefficient (Wildman–Crippen LogP) is 0.754. The molecule has 21 heavy (non-hydrogen) atoms. The molecule has 1 saturated heterocycles. The third kappa shape index (κ3) is 3.83. The molecular weight excluding hydrogens is 268 g/mol. The molecule has 0 radical (unpaired) electrons. The van der Waals surface area contributed by atoms with Gasteiger partial charge in [0.05, 0.1) is 5.69 Å². The van der Waals surface area contributed by atoms with Gasteiger partial charge in [0.2, 0.25) is 11.8 Å². The molecule has 1 aromatic heterocycles. The van der Waals surface area contributed by atoms with Gasteiger partial charge in [-0.05, 0) is 45.1 Å². The monoisotopic (exact) mass is 292 g/mol. The molecule has 2 rings (SSSR count). The summed E-state index contributed by atoms with van der Waals surface area (Å²) in [5, 5.41) is 10.0. The molecule has 1 fully saturated rings. The summed E-state index contributed by atoms with van der Waals surface area (Å²) in [6.45, 7) is 4.67. The highest BCUT2D eigenvalue weighted by Gasteiger charge is 2.22. The van der Waals surface area contributed by atoms with Crippen molar-refractivity contribution in [1.82, 2.24) is 20.4 Å². The van der Waals surface area contributed by atoms with Gasteiger partial charge in [0, 0.05) is 25.7 Å². The van der Waals surface area contributed by atoms with Crippen molar-refractivity contribution in [2.75, 3.05) is 6.54 Å². The van der Waals surface area contributed by atoms with E-state index in [0.717, 1.165) is 36.2 Å². The van der Waals surface area contributed by atoms with Gasteiger partial charge >= 0.3 is 0 Å². The number of aromatic nitrogens is 2. The Morgan fingerprint density at radius 1 is 1.43 bits per heavy atom. The second-order valence-corrected chi connectivity index (χ2v) is 5.68. The number of rotatable bonds is 4. The van der Waals surface area contributed by atoms with Crippen molar-refractivity contribution in [2.24, 2.45) is 7.05 Å². The summed E-state index contributed by atoms with van der Waals surface area (Å²) >= 11 is 0. The second kappa shape index (κ2) is 6.74. The fourth-order valence-electron chi connectivity index (χ4n) is 2.76. The number of amides is 2. The number of nitrogens with zero attached hydrogens (tertiary/aromatic N) is 2. The van der Waals surface area contributed by atoms with E-state index in [1.807, 2.05) is 25.6 Å². The Kier molecular flexibility index (Phi) is 4.98. The molecule has 2 N–H and O–H groups in total. The van der Waals surface area contributed by atoms with Crippen LogP contribution >= 0.6 is 0 Å². The van der Waals surface area contributed by atoms with Crippen molar-refractivity contribution >= 4 is 11.8 Å². The molecule has 1 atom stereocenters. The van der Waals surface area contributed by atoms with Gasteiger partial charge in [0.1, 0.15) is 6.04 Å². The Morgan fingerprint density at radius 3 is 2.86 bits per heavy atom. The summed E-state index contributed by atoms with van der Waals surface area (Å²) in [5.41, 5.74) is 3.18. The van der Waals surface area contributed by atoms with Crippen molar-refractivity contribution in [1.29, 1.82) is 0 Å². The van der Waals surface area contributed by atoms with E-state index in [1.54, 1.807) is 0 Å². The van der Waals surface area contributed by atoms with E-state index in [2.05, 4.69) is 15.7 Å². The van der Waals surface area contributed by atoms with Crippen molar-refractivity contribution in [3.8, 4) is 0 Å². The molecule has 0 unspecified atom stereocenters. The maximum absolute atomic E-state index is 12.1. The Hall–Kier alpha value is -1.85. The van der Waals surface area contributed by atoms with Crippen LogP contribution in [0.15, 0.2) is 0 Å². The number of nitrogens with one attached hydrogen (secondary N) is 2. The lowest BCUT2D eigenvalue weighted by Gasteiger charge is -2.15. The largest absolute Gasteiger partial charge is 0.354 e. The molecule has 0 aromatic carbocycles. The molecule has 0 aliphatic carbocycles. The summed E-state index contributed by atoms with van der Waals surface area (Å²) < 4.78 is 1.83. The summed E-state index contributed by atoms with van der Waals surface area (Å²) in [7, 11) is 1.90. The van der Waals surface area contributed by atoms with Gasteiger partial charge in [-0.1, -0.05) is 0 Å². The molecule has 0 spiro atoms. The minimum absolute atomic E-state index is 0.0606. The molecule has 0 saturated carbocycles. The molecular formula is C15H24N4O2. The average molecular weight is 292 g/mol. The van der Waals surface area contributed by atoms with Crippen molar-refractivity contribution < 1.29 is 9.59 Å². The van der Waals surface area contributed by atoms with Crippen LogP contribution in [0.4, 0.5) is 0 Å². The van der Waals surface area contributed by atoms with Gasteiger partial charge in [0.15, 0.2) is 0 Å². The Bertz CT molecular complexity index is 536. The lowest BCUT2D eigenvalue weighted by atomic mass is 10.1. The lowest BCUT2D eigenvalue weighted by Crippen LogP contribution is -2.45. The van der Waals surface area contributed by atoms with E-state index >= 15 is 0 Å². The zero-order chi connectivity index (χ0) is 15.4. The van der Waals surface area contributed by atoms with Crippen molar-refractivity contribution in [2.45, 2.75) is 52.0 Å². The highest BCUT2D eigenvalue weighted by atomic mass is 16.2. The zero-order valence-corrected chi connectivity index (χ0v) is 13.0. The number of carbonyl (C=O) groups excluding carboxylic acids is 2. The molecule has 0 bridgehead atoms. The summed E-state index contributed by atoms with van der Waals surface area (Å²) in [6, 6.07) is -0.379. The van der Waals surface area contributed by atoms with Gasteiger partial charge in [-0.25, -0.2) is 0 Å². The summed E-state index contributed by atoms with van der Waals surface area (Å²) in [6.07, 6.45) is 3.71. The topological polar surface area (TPSA) is 76.0 Å². The molecule has 6 nitrogen and oxygen atoms in total. The number of hydrogen-bond donors (Lipinski definition) is 2. The van der Waals surface area contributed by atoms with Gasteiger partial charge in [-0.3, -0.25) is 14.3 Å². The first-order chi connectivity index (χ1) is 9.99. The van der Waals surface area contributed by atoms with E-state index in [4.69, 9.17) is 0 Å². The van der Waals surface area contributed by atoms with E-state index < -0.39 is 0 Å². The standard InChI is InChI=1S/C15H24N4O2/c1-10-12(11(2)19(3)18-10)7-8-14(20)17-13-6-4-5-9-16-15(13)21/h13H,4-9H2,1-3H3,(H,16,21)(H,17,20)/t13-/m0/s1. The van der Waals surface area contributed by atoms with Crippen LogP contribution in [0, 0.1) is 13.8 Å². The van der Waals surface area contributed by atoms with Crippen LogP contribution in [-0.4, -0.2) is 34.2 Å². The fourth-order valence-corrected chi connectivity index (χ4v) is 2.76. The molecule has 1 aliphatic rings. The third-order valence-corrected chi connectivity index (χ3v) is 4.13. The van der Waals surface area contributed by atoms with Crippen LogP contribution in [-0.2, 0) is 23.1 Å². The van der Waals surface area contributed by atoms with Crippen molar-refractivity contribution in [3.05, 3.63) is 17.0 Å². The van der Waals surface area contributed by atoms with E-state index in [1.165, 1.54) is 0 Å². The minimum Gasteiger partial charge on any atom is -0.354 e. The Morgan fingerprint density at radius 2 is 2.19 bits per heavy atom. The van der Waals surface area contributed by atoms with Crippen LogP contribution in [0.25, 0.3) is 0 Å². The quantitative estimate of drug-likeness (QED) is 0.860. The van der Waals surface area contributed by atoms with Crippen LogP contribution in [0.2, 0.25) is 0 Å². The molecule has 2 amide bonds. The zero-order valence-electron chi connectivity index (χ0n) is 13.0. The SMILES string of the molecule is Cc1nn(C)c(C)c1CCC(=O)N[C@H]1CCCCNC1=O. The van der Waals surface area contributed by atoms with E-state index in [9.17, 15) is 9.59 Å². The summed E-state index contributed by atoms with van der Waals surface area (Å²) in [4.78, 5) is 23.8. The molecule has 1 aliphatic heterocycles. The van der Waals surface area contributed by atoms with Crippen LogP contribution in [0.5, 0.6) is 0 Å². The van der Waals surface area contributed by atoms with Crippen LogP contribution in [0.3, 0.4) is 0 Å². The van der Waals surface area contributed by atoms with E-state index in [-0.39, 0.29) is 17.9 Å². The highest BCUT2D eigenvalue weighted by Crippen LogP contribution is 2.14. The molecule has 2 heterocycles. The maximum Gasteiger partial charge on any atom is 0.242 e. The first-order valence-electron chi connectivity index (χ1n) is 7.55. The van der Waals surface area contributed by atoms with E-state index in [0.29, 0.717) is 19.4 Å². The Labute approximate surface area is 125 Å². The first-order valence-corrected chi connectivity index (χ1v) is 7.55. The Balaban J connectivity index is 1.88. The average Bonchev–Trinajstić information content (AvgIpc) is 2.58. The summed E-state index contributed by atoms with van der Waals surface area (Å²) in [5.74, 6) is -0.130. The number of carbonyl (C=O) groups is 2. The van der Waals surface area contributed by atoms with Gasteiger partial charge in [0.25, 0.3) is 0 Å². The minimum atomic E-state index is -0.379. The number of hydrogen-bond acceptors (Lipinski definition) is 3. The molecule has 116 valence electrons. The third-order valence-electron chi connectivity index (χ3n) is 4.13. The highest BCUT2D eigenvalue weighted by molar-refractivity contribution is 5.87. The van der Waals surface area contributed by atoms with Gasteiger partial charge in [-0.2, -0.15) is 5.10 Å². The maximum atomic E-state index is 12.1.